The summed E-state index contributed by atoms with van der Waals surface area (Å²) in [5.74, 6) is -12.4. The Morgan fingerprint density at radius 2 is 0.935 bits per heavy atom. The summed E-state index contributed by atoms with van der Waals surface area (Å²) in [6, 6.07) is -5.07. The molecule has 35 nitrogen and oxygen atoms in total. The summed E-state index contributed by atoms with van der Waals surface area (Å²) in [6.45, 7) is -2.64. The lowest BCUT2D eigenvalue weighted by Gasteiger charge is -2.49. The van der Waals surface area contributed by atoms with Gasteiger partial charge in [-0.3, -0.25) is 14.4 Å². The molecule has 5 aliphatic heterocycles. The number of aliphatic hydroxyl groups is 16. The van der Waals surface area contributed by atoms with E-state index in [0.717, 1.165) is 20.8 Å². The highest BCUT2D eigenvalue weighted by Gasteiger charge is 2.60. The molecule has 5 heterocycles. The van der Waals surface area contributed by atoms with Crippen LogP contribution in [0.5, 0.6) is 0 Å². The highest BCUT2D eigenvalue weighted by atomic mass is 16.8. The van der Waals surface area contributed by atoms with Gasteiger partial charge in [0.05, 0.1) is 57.3 Å². The molecular formula is C42H69N3O32. The van der Waals surface area contributed by atoms with Crippen molar-refractivity contribution in [1.82, 2.24) is 16.0 Å². The molecular weight excluding hydrogens is 1060 g/mol. The minimum absolute atomic E-state index is 0.794. The molecule has 0 aromatic carbocycles. The van der Waals surface area contributed by atoms with Crippen LogP contribution < -0.4 is 16.0 Å². The number of hydrogen-bond donors (Lipinski definition) is 21. The minimum Gasteiger partial charge on any atom is -0.477 e. The molecule has 27 atom stereocenters. The maximum atomic E-state index is 12.7. The molecule has 0 radical (unpaired) electrons. The zero-order valence-electron chi connectivity index (χ0n) is 41.1. The molecule has 0 aromatic rings. The largest absolute Gasteiger partial charge is 0.477 e. The topological polar surface area (TPSA) is 569 Å². The second-order valence-electron chi connectivity index (χ2n) is 19.1. The minimum atomic E-state index is -2.99. The number of aliphatic carboxylic acids is 2. The molecule has 0 bridgehead atoms. The molecule has 5 aliphatic rings. The van der Waals surface area contributed by atoms with Crippen molar-refractivity contribution in [3.05, 3.63) is 0 Å². The van der Waals surface area contributed by atoms with Gasteiger partial charge in [-0.1, -0.05) is 0 Å². The summed E-state index contributed by atoms with van der Waals surface area (Å²) in [6.07, 6.45) is -47.8. The number of ether oxygens (including phenoxy) is 9. The third-order valence-electron chi connectivity index (χ3n) is 13.5. The lowest BCUT2D eigenvalue weighted by atomic mass is 9.88. The summed E-state index contributed by atoms with van der Waals surface area (Å²) < 4.78 is 50.4. The van der Waals surface area contributed by atoms with E-state index in [9.17, 15) is 116 Å². The molecule has 0 saturated carbocycles. The fraction of sp³-hybridized carbons (Fsp3) is 0.881. The van der Waals surface area contributed by atoms with Crippen LogP contribution in [0.15, 0.2) is 0 Å². The Morgan fingerprint density at radius 1 is 0.519 bits per heavy atom. The van der Waals surface area contributed by atoms with Crippen LogP contribution in [0.2, 0.25) is 0 Å². The number of carbonyl (C=O) groups is 5. The zero-order chi connectivity index (χ0) is 57.8. The van der Waals surface area contributed by atoms with Crippen molar-refractivity contribution >= 4 is 29.7 Å². The molecule has 21 N–H and O–H groups in total. The fourth-order valence-corrected chi connectivity index (χ4v) is 9.42. The SMILES string of the molecule is CC(=O)N[C@H]1[C@H](O[C@H]2[C@@H](O)[C@@H](CO[C@]3(C(=O)O)C[C@H](O)[C@@H](NC(C)=O)[C@H]([C@H](O)[C@H](O)CO)O3)OC(O)[C@@H]2O)O[C@H](CO)[C@@H](O[C@@H]2O[C@H](CO[C@]3(C(=O)O)C[C@H](O)[C@@H](NC(C)=O)[C@H]([C@H](O)[C@H](O)CO)O3)[C@H](O)[C@H](O)[C@H]2O)[C@@H]1O. The molecule has 77 heavy (non-hydrogen) atoms. The van der Waals surface area contributed by atoms with E-state index in [1.54, 1.807) is 0 Å². The first kappa shape index (κ1) is 64.2. The third-order valence-corrected chi connectivity index (χ3v) is 13.5. The second kappa shape index (κ2) is 26.7. The van der Waals surface area contributed by atoms with Crippen molar-refractivity contribution in [1.29, 1.82) is 0 Å². The number of nitrogens with one attached hydrogen (secondary N) is 3. The second-order valence-corrected chi connectivity index (χ2v) is 19.1. The summed E-state index contributed by atoms with van der Waals surface area (Å²) in [7, 11) is 0. The first-order valence-electron chi connectivity index (χ1n) is 23.8. The summed E-state index contributed by atoms with van der Waals surface area (Å²) in [5.41, 5.74) is 0. The van der Waals surface area contributed by atoms with E-state index in [2.05, 4.69) is 16.0 Å². The molecule has 5 saturated heterocycles. The molecule has 3 amide bonds. The smallest absolute Gasteiger partial charge is 0.364 e. The van der Waals surface area contributed by atoms with Gasteiger partial charge in [-0.15, -0.1) is 0 Å². The summed E-state index contributed by atoms with van der Waals surface area (Å²) >= 11 is 0. The highest BCUT2D eigenvalue weighted by molar-refractivity contribution is 5.77. The standard InChI is InChI=1S/C42H69N3O32/c1-11(49)43-21-14(52)4-41(39(65)66,76-33(21)24(56)16(54)6-46)69-9-19-26(58)29(61)30(62)38(73-19)74-32-18(8-48)72-37(23(28(32)60)45-13(3)51)75-35-27(59)20(71-36(64)31(35)63)10-70-42(40(67)68)5-15(53)22(44-12(2)50)34(77-42)25(57)17(55)7-47/h14-38,46-48,52-64H,4-10H2,1-3H3,(H,43,49)(H,44,50)(H,45,51)(H,65,66)(H,67,68)/t14-,15-,16+,17+,18+,19+,20+,21+,22+,23+,24+,25+,26-,27-,28+,29-,30+,31+,32+,33+,34+,35-,36?,37-,38-,41+,42+/m0/s1. The van der Waals surface area contributed by atoms with Crippen LogP contribution in [0.3, 0.4) is 0 Å². The van der Waals surface area contributed by atoms with E-state index in [1.807, 2.05) is 0 Å². The van der Waals surface area contributed by atoms with Gasteiger partial charge >= 0.3 is 11.9 Å². The average molecular weight is 1130 g/mol. The molecule has 0 aromatic heterocycles. The van der Waals surface area contributed by atoms with Crippen molar-refractivity contribution in [2.75, 3.05) is 33.0 Å². The summed E-state index contributed by atoms with van der Waals surface area (Å²) in [5, 5.41) is 198. The van der Waals surface area contributed by atoms with Crippen LogP contribution >= 0.6 is 0 Å². The normalized spacial score (nSPS) is 43.2. The quantitative estimate of drug-likeness (QED) is 0.0479. The molecule has 0 aliphatic carbocycles. The van der Waals surface area contributed by atoms with Crippen molar-refractivity contribution in [2.45, 2.75) is 198 Å². The van der Waals surface area contributed by atoms with E-state index in [4.69, 9.17) is 42.6 Å². The molecule has 444 valence electrons. The van der Waals surface area contributed by atoms with E-state index in [0.29, 0.717) is 0 Å². The number of hydrogen-bond acceptors (Lipinski definition) is 30. The van der Waals surface area contributed by atoms with Gasteiger partial charge in [0.25, 0.3) is 11.6 Å². The van der Waals surface area contributed by atoms with E-state index < -0.39 is 240 Å². The van der Waals surface area contributed by atoms with Crippen LogP contribution in [-0.2, 0) is 66.6 Å². The molecule has 35 heteroatoms. The van der Waals surface area contributed by atoms with Crippen molar-refractivity contribution in [3.63, 3.8) is 0 Å². The Morgan fingerprint density at radius 3 is 1.35 bits per heavy atom. The zero-order valence-corrected chi connectivity index (χ0v) is 41.1. The van der Waals surface area contributed by atoms with E-state index >= 15 is 0 Å². The van der Waals surface area contributed by atoms with Crippen LogP contribution in [0.4, 0.5) is 0 Å². The number of aliphatic hydroxyl groups excluding tert-OH is 16. The van der Waals surface area contributed by atoms with Gasteiger partial charge in [0.15, 0.2) is 18.9 Å². The van der Waals surface area contributed by atoms with Crippen LogP contribution in [0.1, 0.15) is 33.6 Å². The monoisotopic (exact) mass is 1130 g/mol. The molecule has 5 fully saturated rings. The highest BCUT2D eigenvalue weighted by Crippen LogP contribution is 2.38. The number of carbonyl (C=O) groups excluding carboxylic acids is 3. The predicted molar refractivity (Wildman–Crippen MR) is 236 cm³/mol. The van der Waals surface area contributed by atoms with Gasteiger partial charge in [0, 0.05) is 33.6 Å². The predicted octanol–water partition coefficient (Wildman–Crippen LogP) is -13.1. The Hall–Kier alpha value is -3.65. The van der Waals surface area contributed by atoms with E-state index in [-0.39, 0.29) is 0 Å². The van der Waals surface area contributed by atoms with Crippen LogP contribution in [0, 0.1) is 0 Å². The van der Waals surface area contributed by atoms with Crippen LogP contribution in [-0.4, -0.2) is 319 Å². The first-order valence-corrected chi connectivity index (χ1v) is 23.8. The van der Waals surface area contributed by atoms with Gasteiger partial charge in [0.1, 0.15) is 110 Å². The van der Waals surface area contributed by atoms with Gasteiger partial charge < -0.3 is 150 Å². The van der Waals surface area contributed by atoms with Gasteiger partial charge in [0.2, 0.25) is 17.7 Å². The Kier molecular flexibility index (Phi) is 22.3. The Balaban J connectivity index is 1.34. The maximum absolute atomic E-state index is 12.7. The summed E-state index contributed by atoms with van der Waals surface area (Å²) in [4.78, 5) is 61.9. The van der Waals surface area contributed by atoms with Crippen molar-refractivity contribution < 1.29 is 159 Å². The van der Waals surface area contributed by atoms with Gasteiger partial charge in [-0.2, -0.15) is 0 Å². The Labute approximate surface area is 434 Å². The average Bonchev–Trinajstić information content (AvgIpc) is 3.37. The van der Waals surface area contributed by atoms with Crippen molar-refractivity contribution in [3.8, 4) is 0 Å². The number of amides is 3. The number of carboxylic acids is 2. The van der Waals surface area contributed by atoms with Gasteiger partial charge in [-0.05, 0) is 0 Å². The van der Waals surface area contributed by atoms with Gasteiger partial charge in [-0.25, -0.2) is 9.59 Å². The number of rotatable bonds is 22. The van der Waals surface area contributed by atoms with E-state index in [1.165, 1.54) is 0 Å². The van der Waals surface area contributed by atoms with Crippen molar-refractivity contribution in [2.24, 2.45) is 0 Å². The third kappa shape index (κ3) is 14.3. The molecule has 5 rings (SSSR count). The lowest BCUT2D eigenvalue weighted by Crippen LogP contribution is -2.70. The maximum Gasteiger partial charge on any atom is 0.364 e. The Bertz CT molecular complexity index is 2000. The lowest BCUT2D eigenvalue weighted by molar-refractivity contribution is -0.373. The molecule has 0 spiro atoms. The molecule has 1 unspecified atom stereocenters. The number of carboxylic acid groups (broad SMARTS) is 2. The first-order chi connectivity index (χ1) is 36.0. The van der Waals surface area contributed by atoms with Crippen LogP contribution in [0.25, 0.3) is 0 Å². The fourth-order valence-electron chi connectivity index (χ4n) is 9.42.